The summed E-state index contributed by atoms with van der Waals surface area (Å²) in [7, 11) is -4.07. The van der Waals surface area contributed by atoms with E-state index in [9.17, 15) is 13.0 Å². The van der Waals surface area contributed by atoms with Crippen LogP contribution in [0.5, 0.6) is 0 Å². The molecule has 2 unspecified atom stereocenters. The molecule has 0 bridgehead atoms. The normalized spacial score (nSPS) is 13.8. The lowest BCUT2D eigenvalue weighted by Crippen LogP contribution is -2.17. The van der Waals surface area contributed by atoms with Gasteiger partial charge in [-0.15, -0.1) is 0 Å². The van der Waals surface area contributed by atoms with Crippen LogP contribution in [0.4, 0.5) is 0 Å². The second-order valence-corrected chi connectivity index (χ2v) is 8.72. The van der Waals surface area contributed by atoms with Crippen LogP contribution in [0, 0.1) is 0 Å². The van der Waals surface area contributed by atoms with Crippen LogP contribution < -0.4 is 0 Å². The summed E-state index contributed by atoms with van der Waals surface area (Å²) < 4.78 is 32.8. The molecule has 3 nitrogen and oxygen atoms in total. The highest BCUT2D eigenvalue weighted by atomic mass is 32.2. The molecule has 0 radical (unpaired) electrons. The summed E-state index contributed by atoms with van der Waals surface area (Å²) in [6, 6.07) is 30.2. The van der Waals surface area contributed by atoms with Crippen molar-refractivity contribution in [1.29, 1.82) is 0 Å². The molecule has 0 amide bonds. The van der Waals surface area contributed by atoms with E-state index in [2.05, 4.69) is 24.3 Å². The number of benzene rings is 3. The van der Waals surface area contributed by atoms with E-state index in [1.807, 2.05) is 66.7 Å². The first-order valence-electron chi connectivity index (χ1n) is 9.60. The van der Waals surface area contributed by atoms with E-state index in [1.54, 1.807) is 0 Å². The fraction of sp³-hybridized carbons (Fsp3) is 0.250. The third-order valence-electron chi connectivity index (χ3n) is 5.15. The van der Waals surface area contributed by atoms with Gasteiger partial charge in [-0.25, -0.2) is 0 Å². The van der Waals surface area contributed by atoms with E-state index in [0.29, 0.717) is 6.42 Å². The van der Waals surface area contributed by atoms with Gasteiger partial charge in [0, 0.05) is 5.92 Å². The molecule has 0 aliphatic carbocycles. The molecule has 2 atom stereocenters. The monoisotopic (exact) mass is 394 g/mol. The Morgan fingerprint density at radius 3 is 1.64 bits per heavy atom. The van der Waals surface area contributed by atoms with Gasteiger partial charge < -0.3 is 0 Å². The largest absolute Gasteiger partial charge is 0.286 e. The van der Waals surface area contributed by atoms with Gasteiger partial charge >= 0.3 is 0 Å². The Bertz CT molecular complexity index is 939. The molecule has 0 aliphatic heterocycles. The van der Waals surface area contributed by atoms with Crippen LogP contribution >= 0.6 is 0 Å². The molecule has 0 heterocycles. The molecule has 3 aromatic carbocycles. The van der Waals surface area contributed by atoms with E-state index in [-0.39, 0.29) is 17.6 Å². The molecule has 4 heteroatoms. The summed E-state index contributed by atoms with van der Waals surface area (Å²) in [5.41, 5.74) is 3.42. The van der Waals surface area contributed by atoms with Crippen molar-refractivity contribution >= 4 is 10.1 Å². The topological polar surface area (TPSA) is 54.4 Å². The predicted molar refractivity (Wildman–Crippen MR) is 114 cm³/mol. The van der Waals surface area contributed by atoms with Crippen molar-refractivity contribution in [2.75, 3.05) is 5.75 Å². The molecule has 28 heavy (non-hydrogen) atoms. The molecule has 1 N–H and O–H groups in total. The van der Waals surface area contributed by atoms with Gasteiger partial charge in [-0.2, -0.15) is 8.42 Å². The first-order chi connectivity index (χ1) is 13.5. The Morgan fingerprint density at radius 2 is 1.14 bits per heavy atom. The van der Waals surface area contributed by atoms with Crippen molar-refractivity contribution in [3.63, 3.8) is 0 Å². The van der Waals surface area contributed by atoms with Crippen LogP contribution in [-0.4, -0.2) is 18.7 Å². The summed E-state index contributed by atoms with van der Waals surface area (Å²) in [6.45, 7) is 0. The minimum atomic E-state index is -4.07. The lowest BCUT2D eigenvalue weighted by molar-refractivity contribution is 0.464. The molecular weight excluding hydrogens is 368 g/mol. The average Bonchev–Trinajstić information content (AvgIpc) is 2.71. The molecule has 0 spiro atoms. The van der Waals surface area contributed by atoms with Crippen molar-refractivity contribution in [3.05, 3.63) is 108 Å². The van der Waals surface area contributed by atoms with Crippen LogP contribution in [0.3, 0.4) is 0 Å². The van der Waals surface area contributed by atoms with E-state index < -0.39 is 10.1 Å². The van der Waals surface area contributed by atoms with Crippen LogP contribution in [-0.2, 0) is 16.5 Å². The Kier molecular flexibility index (Phi) is 7.01. The highest BCUT2D eigenvalue weighted by Gasteiger charge is 2.24. The SMILES string of the molecule is O=S(=O)(O)CC(CC(CCc1ccccc1)c1ccccc1)c1ccccc1. The lowest BCUT2D eigenvalue weighted by atomic mass is 9.83. The van der Waals surface area contributed by atoms with Crippen molar-refractivity contribution in [3.8, 4) is 0 Å². The van der Waals surface area contributed by atoms with Crippen LogP contribution in [0.25, 0.3) is 0 Å². The van der Waals surface area contributed by atoms with Gasteiger partial charge in [0.15, 0.2) is 0 Å². The van der Waals surface area contributed by atoms with E-state index in [0.717, 1.165) is 18.4 Å². The molecule has 0 aliphatic rings. The maximum absolute atomic E-state index is 11.7. The summed E-state index contributed by atoms with van der Waals surface area (Å²) in [4.78, 5) is 0. The van der Waals surface area contributed by atoms with Crippen LogP contribution in [0.1, 0.15) is 41.4 Å². The third-order valence-corrected chi connectivity index (χ3v) is 5.97. The maximum Gasteiger partial charge on any atom is 0.265 e. The fourth-order valence-electron chi connectivity index (χ4n) is 3.75. The van der Waals surface area contributed by atoms with Crippen LogP contribution in [0.2, 0.25) is 0 Å². The van der Waals surface area contributed by atoms with Gasteiger partial charge in [0.05, 0.1) is 5.75 Å². The van der Waals surface area contributed by atoms with Crippen LogP contribution in [0.15, 0.2) is 91.0 Å². The minimum Gasteiger partial charge on any atom is -0.286 e. The van der Waals surface area contributed by atoms with Gasteiger partial charge in [0.1, 0.15) is 0 Å². The van der Waals surface area contributed by atoms with Crippen molar-refractivity contribution < 1.29 is 13.0 Å². The first kappa shape index (κ1) is 20.3. The molecule has 3 aromatic rings. The summed E-state index contributed by atoms with van der Waals surface area (Å²) in [5, 5.41) is 0. The summed E-state index contributed by atoms with van der Waals surface area (Å²) in [5.74, 6) is -0.309. The van der Waals surface area contributed by atoms with Gasteiger partial charge in [0.25, 0.3) is 10.1 Å². The average molecular weight is 395 g/mol. The zero-order valence-electron chi connectivity index (χ0n) is 15.8. The summed E-state index contributed by atoms with van der Waals surface area (Å²) in [6.07, 6.45) is 2.51. The van der Waals surface area contributed by atoms with Crippen molar-refractivity contribution in [2.24, 2.45) is 0 Å². The summed E-state index contributed by atoms with van der Waals surface area (Å²) >= 11 is 0. The fourth-order valence-corrected chi connectivity index (χ4v) is 4.59. The van der Waals surface area contributed by atoms with Gasteiger partial charge in [-0.3, -0.25) is 4.55 Å². The van der Waals surface area contributed by atoms with E-state index >= 15 is 0 Å². The van der Waals surface area contributed by atoms with E-state index in [1.165, 1.54) is 11.1 Å². The Hall–Kier alpha value is -2.43. The van der Waals surface area contributed by atoms with Crippen molar-refractivity contribution in [2.45, 2.75) is 31.1 Å². The third kappa shape index (κ3) is 6.32. The molecule has 0 fully saturated rings. The number of aryl methyl sites for hydroxylation is 1. The molecule has 0 saturated heterocycles. The molecule has 146 valence electrons. The minimum absolute atomic E-state index is 0.202. The van der Waals surface area contributed by atoms with Gasteiger partial charge in [-0.05, 0) is 41.9 Å². The number of rotatable bonds is 9. The quantitative estimate of drug-likeness (QED) is 0.490. The van der Waals surface area contributed by atoms with Crippen molar-refractivity contribution in [1.82, 2.24) is 0 Å². The smallest absolute Gasteiger partial charge is 0.265 e. The molecule has 0 saturated carbocycles. The highest BCUT2D eigenvalue weighted by molar-refractivity contribution is 7.85. The standard InChI is InChI=1S/C24H26O3S/c25-28(26,27)19-24(22-14-8-3-9-15-22)18-23(21-12-6-2-7-13-21)17-16-20-10-4-1-5-11-20/h1-15,23-24H,16-19H2,(H,25,26,27). The first-order valence-corrected chi connectivity index (χ1v) is 11.2. The van der Waals surface area contributed by atoms with Gasteiger partial charge in [-0.1, -0.05) is 91.0 Å². The second kappa shape index (κ2) is 9.67. The number of hydrogen-bond acceptors (Lipinski definition) is 2. The van der Waals surface area contributed by atoms with E-state index in [4.69, 9.17) is 0 Å². The second-order valence-electron chi connectivity index (χ2n) is 7.22. The Labute approximate surface area is 167 Å². The number of hydrogen-bond donors (Lipinski definition) is 1. The zero-order chi connectivity index (χ0) is 19.8. The highest BCUT2D eigenvalue weighted by Crippen LogP contribution is 2.34. The maximum atomic E-state index is 11.7. The molecular formula is C24H26O3S. The predicted octanol–water partition coefficient (Wildman–Crippen LogP) is 5.46. The zero-order valence-corrected chi connectivity index (χ0v) is 16.6. The Balaban J connectivity index is 1.84. The molecule has 3 rings (SSSR count). The van der Waals surface area contributed by atoms with Gasteiger partial charge in [0.2, 0.25) is 0 Å². The Morgan fingerprint density at radius 1 is 0.679 bits per heavy atom. The lowest BCUT2D eigenvalue weighted by Gasteiger charge is -2.24. The molecule has 0 aromatic heterocycles.